The monoisotopic (exact) mass is 505 g/mol. The lowest BCUT2D eigenvalue weighted by atomic mass is 9.74. The number of nitrogens with one attached hydrogen (secondary N) is 1. The van der Waals surface area contributed by atoms with Crippen LogP contribution in [0.5, 0.6) is 0 Å². The number of hydrogen-bond donors (Lipinski definition) is 1. The molecule has 0 aliphatic heterocycles. The predicted octanol–water partition coefficient (Wildman–Crippen LogP) is 10.1. The molecule has 1 atom stereocenters. The van der Waals surface area contributed by atoms with Crippen molar-refractivity contribution in [1.29, 1.82) is 0 Å². The Morgan fingerprint density at radius 2 is 1.50 bits per heavy atom. The van der Waals surface area contributed by atoms with E-state index in [1.165, 1.54) is 58.4 Å². The zero-order valence-corrected chi connectivity index (χ0v) is 21.7. The molecule has 1 aliphatic carbocycles. The minimum Gasteiger partial charge on any atom is -0.454 e. The molecule has 3 aromatic heterocycles. The highest BCUT2D eigenvalue weighted by Crippen LogP contribution is 2.46. The Balaban J connectivity index is 1.30. The van der Waals surface area contributed by atoms with Gasteiger partial charge in [-0.05, 0) is 58.0 Å². The summed E-state index contributed by atoms with van der Waals surface area (Å²) in [5.74, 6) is 0. The Morgan fingerprint density at radius 1 is 0.763 bits per heavy atom. The van der Waals surface area contributed by atoms with Crippen molar-refractivity contribution in [2.45, 2.75) is 18.8 Å². The topological polar surface area (TPSA) is 28.9 Å². The largest absolute Gasteiger partial charge is 0.454 e. The number of rotatable bonds is 1. The van der Waals surface area contributed by atoms with Crippen molar-refractivity contribution in [1.82, 2.24) is 4.98 Å². The van der Waals surface area contributed by atoms with Gasteiger partial charge in [0.1, 0.15) is 5.58 Å². The quantitative estimate of drug-likeness (QED) is 0.236. The highest BCUT2D eigenvalue weighted by atomic mass is 32.1. The fourth-order valence-corrected chi connectivity index (χ4v) is 7.85. The van der Waals surface area contributed by atoms with Gasteiger partial charge in [-0.15, -0.1) is 11.3 Å². The van der Waals surface area contributed by atoms with E-state index in [4.69, 9.17) is 4.42 Å². The molecule has 0 fully saturated rings. The molecule has 3 heterocycles. The van der Waals surface area contributed by atoms with Gasteiger partial charge >= 0.3 is 0 Å². The Hall–Kier alpha value is -4.34. The number of para-hydroxylation sites is 1. The maximum Gasteiger partial charge on any atom is 0.160 e. The van der Waals surface area contributed by atoms with E-state index in [0.29, 0.717) is 0 Å². The van der Waals surface area contributed by atoms with Crippen LogP contribution in [0.25, 0.3) is 70.7 Å². The van der Waals surface area contributed by atoms with Crippen molar-refractivity contribution >= 4 is 82.0 Å². The molecule has 38 heavy (non-hydrogen) atoms. The second-order valence-electron chi connectivity index (χ2n) is 10.9. The van der Waals surface area contributed by atoms with E-state index in [1.54, 1.807) is 0 Å². The first-order valence-electron chi connectivity index (χ1n) is 13.2. The first-order valence-corrected chi connectivity index (χ1v) is 14.0. The molecule has 0 spiro atoms. The molecule has 0 saturated heterocycles. The summed E-state index contributed by atoms with van der Waals surface area (Å²) >= 11 is 1.90. The molecule has 0 radical (unpaired) electrons. The maximum atomic E-state index is 6.75. The van der Waals surface area contributed by atoms with Gasteiger partial charge in [-0.1, -0.05) is 85.8 Å². The van der Waals surface area contributed by atoms with Crippen LogP contribution in [0.1, 0.15) is 22.9 Å². The van der Waals surface area contributed by atoms with Gasteiger partial charge < -0.3 is 9.40 Å². The molecule has 1 unspecified atom stereocenters. The summed E-state index contributed by atoms with van der Waals surface area (Å²) in [4.78, 5) is 5.07. The molecule has 0 saturated carbocycles. The van der Waals surface area contributed by atoms with Crippen LogP contribution in [-0.2, 0) is 11.8 Å². The summed E-state index contributed by atoms with van der Waals surface area (Å²) in [7, 11) is 0. The maximum absolute atomic E-state index is 6.75. The highest BCUT2D eigenvalue weighted by molar-refractivity contribution is 7.20. The van der Waals surface area contributed by atoms with Gasteiger partial charge in [0, 0.05) is 42.1 Å². The summed E-state index contributed by atoms with van der Waals surface area (Å²) < 4.78 is 8.12. The molecular formula is C35H23NOS. The standard InChI is InChI=1S/C35H23NOS/c1-35(17-16-30-26(19-35)21-8-5-7-13-29(21)38-30)20-14-15-25-28(18-20)37-34-32(25)23-10-3-2-9-22(23)31-24-11-4-6-12-27(24)36-33(31)34/h2-18,36H,19H2,1H3. The number of aromatic nitrogens is 1. The number of thiophene rings is 1. The molecule has 1 aliphatic rings. The molecule has 0 bridgehead atoms. The van der Waals surface area contributed by atoms with E-state index in [9.17, 15) is 0 Å². The van der Waals surface area contributed by atoms with Crippen LogP contribution >= 0.6 is 11.3 Å². The van der Waals surface area contributed by atoms with Gasteiger partial charge in [0.25, 0.3) is 0 Å². The van der Waals surface area contributed by atoms with Crippen LogP contribution in [0.2, 0.25) is 0 Å². The van der Waals surface area contributed by atoms with Crippen LogP contribution in [0, 0.1) is 0 Å². The smallest absolute Gasteiger partial charge is 0.160 e. The minimum atomic E-state index is -0.0947. The molecule has 9 rings (SSSR count). The normalized spacial score (nSPS) is 17.5. The highest BCUT2D eigenvalue weighted by Gasteiger charge is 2.31. The lowest BCUT2D eigenvalue weighted by Crippen LogP contribution is -2.24. The van der Waals surface area contributed by atoms with Crippen LogP contribution < -0.4 is 0 Å². The number of H-pyrrole nitrogens is 1. The van der Waals surface area contributed by atoms with E-state index in [1.807, 2.05) is 11.3 Å². The third-order valence-corrected chi connectivity index (χ3v) is 9.80. The van der Waals surface area contributed by atoms with E-state index >= 15 is 0 Å². The van der Waals surface area contributed by atoms with Crippen LogP contribution in [0.3, 0.4) is 0 Å². The van der Waals surface area contributed by atoms with Crippen molar-refractivity contribution in [3.63, 3.8) is 0 Å². The summed E-state index contributed by atoms with van der Waals surface area (Å²) in [6, 6.07) is 32.9. The van der Waals surface area contributed by atoms with Crippen LogP contribution in [0.15, 0.2) is 101 Å². The van der Waals surface area contributed by atoms with Crippen LogP contribution in [0.4, 0.5) is 0 Å². The van der Waals surface area contributed by atoms with Gasteiger partial charge in [-0.3, -0.25) is 0 Å². The molecule has 5 aromatic carbocycles. The fourth-order valence-electron chi connectivity index (χ4n) is 6.73. The number of allylic oxidation sites excluding steroid dienone is 1. The number of aromatic amines is 1. The van der Waals surface area contributed by atoms with Crippen LogP contribution in [-0.4, -0.2) is 4.98 Å². The van der Waals surface area contributed by atoms with Crippen molar-refractivity contribution in [2.24, 2.45) is 0 Å². The average molecular weight is 506 g/mol. The Kier molecular flexibility index (Phi) is 3.89. The fraction of sp³-hybridized carbons (Fsp3) is 0.0857. The summed E-state index contributed by atoms with van der Waals surface area (Å²) in [5.41, 5.74) is 6.77. The Bertz CT molecular complexity index is 2290. The summed E-state index contributed by atoms with van der Waals surface area (Å²) in [6.45, 7) is 2.36. The molecular weight excluding hydrogens is 482 g/mol. The van der Waals surface area contributed by atoms with E-state index < -0.39 is 0 Å². The first-order chi connectivity index (χ1) is 18.7. The van der Waals surface area contributed by atoms with Gasteiger partial charge in [0.2, 0.25) is 0 Å². The Morgan fingerprint density at radius 3 is 2.37 bits per heavy atom. The van der Waals surface area contributed by atoms with Crippen molar-refractivity contribution < 1.29 is 4.42 Å². The van der Waals surface area contributed by atoms with Gasteiger partial charge in [0.05, 0.1) is 5.52 Å². The second kappa shape index (κ2) is 7.15. The van der Waals surface area contributed by atoms with Gasteiger partial charge in [0.15, 0.2) is 5.58 Å². The third kappa shape index (κ3) is 2.62. The van der Waals surface area contributed by atoms with Crippen molar-refractivity contribution in [3.8, 4) is 0 Å². The van der Waals surface area contributed by atoms with Crippen molar-refractivity contribution in [2.75, 3.05) is 0 Å². The molecule has 0 amide bonds. The molecule has 180 valence electrons. The summed E-state index contributed by atoms with van der Waals surface area (Å²) in [5, 5.41) is 8.73. The van der Waals surface area contributed by atoms with E-state index in [2.05, 4.69) is 115 Å². The number of fused-ring (bicyclic) bond motifs is 13. The first kappa shape index (κ1) is 20.7. The van der Waals surface area contributed by atoms with Crippen molar-refractivity contribution in [3.05, 3.63) is 113 Å². The Labute approximate surface area is 222 Å². The van der Waals surface area contributed by atoms with Gasteiger partial charge in [-0.2, -0.15) is 0 Å². The lowest BCUT2D eigenvalue weighted by molar-refractivity contribution is 0.589. The molecule has 1 N–H and O–H groups in total. The van der Waals surface area contributed by atoms with E-state index in [0.717, 1.165) is 28.6 Å². The number of benzene rings is 5. The molecule has 8 aromatic rings. The minimum absolute atomic E-state index is 0.0947. The number of hydrogen-bond acceptors (Lipinski definition) is 2. The average Bonchev–Trinajstić information content (AvgIpc) is 3.64. The molecule has 2 nitrogen and oxygen atoms in total. The third-order valence-electron chi connectivity index (χ3n) is 8.62. The summed E-state index contributed by atoms with van der Waals surface area (Å²) in [6.07, 6.45) is 5.71. The predicted molar refractivity (Wildman–Crippen MR) is 163 cm³/mol. The second-order valence-corrected chi connectivity index (χ2v) is 11.9. The zero-order valence-electron chi connectivity index (χ0n) is 20.8. The number of furan rings is 1. The van der Waals surface area contributed by atoms with E-state index in [-0.39, 0.29) is 5.41 Å². The molecule has 3 heteroatoms. The SMILES string of the molecule is CC1(c2ccc3c(c2)oc2c4[nH]c5ccccc5c4c4ccccc4c32)C=Cc2sc3ccccc3c2C1. The zero-order chi connectivity index (χ0) is 25.0. The lowest BCUT2D eigenvalue weighted by Gasteiger charge is -2.30. The van der Waals surface area contributed by atoms with Gasteiger partial charge in [-0.25, -0.2) is 0 Å².